The molecule has 1 aromatic carbocycles. The Balaban J connectivity index is 1.96. The average molecular weight is 409 g/mol. The number of thioether (sulfide) groups is 1. The maximum Gasteiger partial charge on any atom is 0.401 e. The highest BCUT2D eigenvalue weighted by Gasteiger charge is 2.49. The zero-order valence-corrected chi connectivity index (χ0v) is 15.4. The number of nitrogens with one attached hydrogen (secondary N) is 1. The molecule has 0 radical (unpaired) electrons. The highest BCUT2D eigenvalue weighted by Crippen LogP contribution is 2.46. The number of alkyl halides is 3. The molecule has 0 spiro atoms. The molecule has 0 unspecified atom stereocenters. The minimum absolute atomic E-state index is 0.0327. The second kappa shape index (κ2) is 7.56. The number of amidine groups is 1. The normalized spacial score (nSPS) is 28.6. The van der Waals surface area contributed by atoms with Gasteiger partial charge in [-0.1, -0.05) is 11.8 Å². The van der Waals surface area contributed by atoms with Gasteiger partial charge in [-0.25, -0.2) is 13.8 Å². The van der Waals surface area contributed by atoms with E-state index < -0.39 is 29.9 Å². The summed E-state index contributed by atoms with van der Waals surface area (Å²) >= 11 is 1.37. The van der Waals surface area contributed by atoms with Crippen LogP contribution in [-0.4, -0.2) is 36.4 Å². The van der Waals surface area contributed by atoms with Gasteiger partial charge in [-0.05, 0) is 19.4 Å². The molecule has 10 heteroatoms. The van der Waals surface area contributed by atoms with Gasteiger partial charge in [0.2, 0.25) is 0 Å². The van der Waals surface area contributed by atoms with E-state index in [1.54, 1.807) is 0 Å². The van der Waals surface area contributed by atoms with Gasteiger partial charge in [-0.2, -0.15) is 13.2 Å². The van der Waals surface area contributed by atoms with Crippen molar-refractivity contribution >= 4 is 16.9 Å². The smallest absolute Gasteiger partial charge is 0.379 e. The second-order valence-corrected chi connectivity index (χ2v) is 7.92. The van der Waals surface area contributed by atoms with Crippen molar-refractivity contribution in [3.05, 3.63) is 34.9 Å². The summed E-state index contributed by atoms with van der Waals surface area (Å²) in [6.45, 7) is 0.335. The number of rotatable bonds is 4. The highest BCUT2D eigenvalue weighted by molar-refractivity contribution is 8.13. The summed E-state index contributed by atoms with van der Waals surface area (Å²) in [6, 6.07) is 1.93. The quantitative estimate of drug-likeness (QED) is 0.750. The van der Waals surface area contributed by atoms with Gasteiger partial charge in [0.25, 0.3) is 0 Å². The van der Waals surface area contributed by atoms with Gasteiger partial charge in [-0.3, -0.25) is 0 Å². The van der Waals surface area contributed by atoms with E-state index in [-0.39, 0.29) is 41.5 Å². The number of hydrogen-bond acceptors (Lipinski definition) is 5. The van der Waals surface area contributed by atoms with Crippen LogP contribution < -0.4 is 11.1 Å². The molecule has 3 atom stereocenters. The zero-order chi connectivity index (χ0) is 19.8. The molecule has 0 bridgehead atoms. The maximum absolute atomic E-state index is 14.7. The molecule has 1 saturated heterocycles. The summed E-state index contributed by atoms with van der Waals surface area (Å²) in [5, 5.41) is 2.42. The number of nitrogens with two attached hydrogens (primary N) is 1. The van der Waals surface area contributed by atoms with E-state index in [2.05, 4.69) is 10.3 Å². The predicted octanol–water partition coefficient (Wildman–Crippen LogP) is 3.30. The van der Waals surface area contributed by atoms with Crippen LogP contribution in [0.2, 0.25) is 0 Å². The lowest BCUT2D eigenvalue weighted by Gasteiger charge is -2.45. The van der Waals surface area contributed by atoms with Gasteiger partial charge in [-0.15, -0.1) is 0 Å². The van der Waals surface area contributed by atoms with Crippen molar-refractivity contribution in [3.8, 4) is 0 Å². The third-order valence-corrected chi connectivity index (χ3v) is 5.82. The summed E-state index contributed by atoms with van der Waals surface area (Å²) in [5.41, 5.74) is 4.81. The Bertz CT molecular complexity index is 742. The topological polar surface area (TPSA) is 59.6 Å². The summed E-state index contributed by atoms with van der Waals surface area (Å²) in [7, 11) is 0. The van der Waals surface area contributed by atoms with Crippen LogP contribution in [0.3, 0.4) is 0 Å². The van der Waals surface area contributed by atoms with E-state index in [4.69, 9.17) is 10.5 Å². The molecular weight excluding hydrogens is 389 g/mol. The fourth-order valence-corrected chi connectivity index (χ4v) is 4.56. The molecule has 4 nitrogen and oxygen atoms in total. The van der Waals surface area contributed by atoms with Crippen LogP contribution >= 0.6 is 11.8 Å². The minimum Gasteiger partial charge on any atom is -0.379 e. The molecular formula is C17H20F5N3OS. The number of fused-ring (bicyclic) bond motifs is 1. The van der Waals surface area contributed by atoms with E-state index in [1.165, 1.54) is 17.8 Å². The first-order valence-electron chi connectivity index (χ1n) is 8.46. The molecule has 3 rings (SSSR count). The molecule has 2 heterocycles. The SMILES string of the molecule is C[C@H]1C[C@H]2CSC(N)=N[C@@]2(c2cc(CNCC(F)(F)F)c(F)cc2F)CO1. The van der Waals surface area contributed by atoms with Crippen molar-refractivity contribution in [1.29, 1.82) is 0 Å². The van der Waals surface area contributed by atoms with Crippen molar-refractivity contribution in [3.63, 3.8) is 0 Å². The Morgan fingerprint density at radius 3 is 2.78 bits per heavy atom. The first kappa shape index (κ1) is 20.3. The van der Waals surface area contributed by atoms with Crippen molar-refractivity contribution in [2.24, 2.45) is 16.6 Å². The molecule has 150 valence electrons. The first-order chi connectivity index (χ1) is 12.6. The van der Waals surface area contributed by atoms with Crippen molar-refractivity contribution in [1.82, 2.24) is 5.32 Å². The molecule has 0 aliphatic carbocycles. The molecule has 1 aromatic rings. The lowest BCUT2D eigenvalue weighted by Crippen LogP contribution is -2.50. The summed E-state index contributed by atoms with van der Waals surface area (Å²) < 4.78 is 71.5. The Kier molecular flexibility index (Phi) is 5.69. The van der Waals surface area contributed by atoms with Gasteiger partial charge in [0.05, 0.1) is 19.3 Å². The molecule has 0 saturated carbocycles. The number of aliphatic imine (C=N–C) groups is 1. The van der Waals surface area contributed by atoms with Crippen LogP contribution in [0.25, 0.3) is 0 Å². The summed E-state index contributed by atoms with van der Waals surface area (Å²) in [5.74, 6) is -1.18. The third-order valence-electron chi connectivity index (χ3n) is 4.87. The number of hydrogen-bond donors (Lipinski definition) is 2. The van der Waals surface area contributed by atoms with Crippen molar-refractivity contribution in [2.45, 2.75) is 37.7 Å². The predicted molar refractivity (Wildman–Crippen MR) is 93.4 cm³/mol. The van der Waals surface area contributed by atoms with Gasteiger partial charge >= 0.3 is 6.18 Å². The van der Waals surface area contributed by atoms with Crippen LogP contribution in [-0.2, 0) is 16.8 Å². The zero-order valence-electron chi connectivity index (χ0n) is 14.6. The van der Waals surface area contributed by atoms with Gasteiger partial charge in [0.1, 0.15) is 17.2 Å². The highest BCUT2D eigenvalue weighted by atomic mass is 32.2. The number of halogens is 5. The largest absolute Gasteiger partial charge is 0.401 e. The monoisotopic (exact) mass is 409 g/mol. The Morgan fingerprint density at radius 1 is 1.33 bits per heavy atom. The maximum atomic E-state index is 14.7. The number of ether oxygens (including phenoxy) is 1. The van der Waals surface area contributed by atoms with Crippen LogP contribution in [0.5, 0.6) is 0 Å². The lowest BCUT2D eigenvalue weighted by atomic mass is 9.74. The van der Waals surface area contributed by atoms with Crippen molar-refractivity contribution in [2.75, 3.05) is 18.9 Å². The molecule has 2 aliphatic heterocycles. The Hall–Kier alpha value is -1.39. The van der Waals surface area contributed by atoms with E-state index in [0.29, 0.717) is 18.2 Å². The Labute approximate surface area is 157 Å². The Morgan fingerprint density at radius 2 is 2.07 bits per heavy atom. The number of nitrogens with zero attached hydrogens (tertiary/aromatic N) is 1. The standard InChI is InChI=1S/C17H20F5N3OS/c1-9-2-11-6-27-15(23)25-16(11,8-26-9)12-3-10(13(18)4-14(12)19)5-24-7-17(20,21)22/h3-4,9,11,24H,2,5-8H2,1H3,(H2,23,25)/t9-,11-,16-/m0/s1. The van der Waals surface area contributed by atoms with E-state index in [1.807, 2.05) is 6.92 Å². The lowest BCUT2D eigenvalue weighted by molar-refractivity contribution is -0.125. The molecule has 0 amide bonds. The molecule has 27 heavy (non-hydrogen) atoms. The molecule has 2 aliphatic rings. The van der Waals surface area contributed by atoms with E-state index >= 15 is 0 Å². The van der Waals surface area contributed by atoms with Gasteiger partial charge in [0.15, 0.2) is 5.17 Å². The van der Waals surface area contributed by atoms with Gasteiger partial charge in [0, 0.05) is 35.4 Å². The summed E-state index contributed by atoms with van der Waals surface area (Å²) in [4.78, 5) is 4.46. The van der Waals surface area contributed by atoms with Crippen molar-refractivity contribution < 1.29 is 26.7 Å². The number of benzene rings is 1. The summed E-state index contributed by atoms with van der Waals surface area (Å²) in [6.07, 6.45) is -3.83. The average Bonchev–Trinajstić information content (AvgIpc) is 2.56. The minimum atomic E-state index is -4.42. The molecule has 1 fully saturated rings. The molecule has 3 N–H and O–H groups in total. The third kappa shape index (κ3) is 4.38. The van der Waals surface area contributed by atoms with Gasteiger partial charge < -0.3 is 15.8 Å². The van der Waals surface area contributed by atoms with Crippen LogP contribution in [0.15, 0.2) is 17.1 Å². The molecule has 0 aromatic heterocycles. The second-order valence-electron chi connectivity index (χ2n) is 6.88. The van der Waals surface area contributed by atoms with E-state index in [0.717, 1.165) is 0 Å². The van der Waals surface area contributed by atoms with E-state index in [9.17, 15) is 22.0 Å². The fraction of sp³-hybridized carbons (Fsp3) is 0.588. The fourth-order valence-electron chi connectivity index (χ4n) is 3.55. The van der Waals surface area contributed by atoms with Crippen LogP contribution in [0.4, 0.5) is 22.0 Å². The first-order valence-corrected chi connectivity index (χ1v) is 9.45. The van der Waals surface area contributed by atoms with Crippen LogP contribution in [0.1, 0.15) is 24.5 Å². The van der Waals surface area contributed by atoms with Crippen LogP contribution in [0, 0.1) is 17.6 Å².